The van der Waals surface area contributed by atoms with Gasteiger partial charge in [-0.1, -0.05) is 18.2 Å². The van der Waals surface area contributed by atoms with Crippen LogP contribution in [-0.4, -0.2) is 46.5 Å². The van der Waals surface area contributed by atoms with Crippen LogP contribution in [0.4, 0.5) is 5.82 Å². The molecule has 0 atom stereocenters. The van der Waals surface area contributed by atoms with Crippen LogP contribution in [0.2, 0.25) is 0 Å². The molecule has 1 aromatic carbocycles. The van der Waals surface area contributed by atoms with E-state index in [4.69, 9.17) is 4.74 Å². The number of nitrogens with one attached hydrogen (secondary N) is 1. The van der Waals surface area contributed by atoms with E-state index in [9.17, 15) is 4.79 Å². The van der Waals surface area contributed by atoms with Crippen molar-refractivity contribution in [3.05, 3.63) is 64.5 Å². The first-order chi connectivity index (χ1) is 13.5. The van der Waals surface area contributed by atoms with Crippen molar-refractivity contribution in [3.8, 4) is 0 Å². The number of benzene rings is 1. The van der Waals surface area contributed by atoms with Crippen molar-refractivity contribution < 1.29 is 9.53 Å². The molecule has 146 valence electrons. The monoisotopic (exact) mass is 378 g/mol. The molecule has 28 heavy (non-hydrogen) atoms. The Morgan fingerprint density at radius 3 is 2.57 bits per heavy atom. The average molecular weight is 378 g/mol. The Labute approximate surface area is 165 Å². The van der Waals surface area contributed by atoms with Crippen LogP contribution in [0, 0.1) is 20.8 Å². The van der Waals surface area contributed by atoms with Gasteiger partial charge in [0.05, 0.1) is 18.9 Å². The molecule has 0 radical (unpaired) electrons. The smallest absolute Gasteiger partial charge is 0.254 e. The zero-order chi connectivity index (χ0) is 19.7. The molecule has 0 unspecified atom stereocenters. The number of amides is 1. The number of morpholine rings is 1. The Bertz CT molecular complexity index is 999. The Morgan fingerprint density at radius 1 is 1.14 bits per heavy atom. The first kappa shape index (κ1) is 18.5. The van der Waals surface area contributed by atoms with Gasteiger partial charge in [-0.25, -0.2) is 4.98 Å². The molecule has 2 aromatic heterocycles. The summed E-state index contributed by atoms with van der Waals surface area (Å²) in [5.74, 6) is 0.902. The maximum Gasteiger partial charge on any atom is 0.254 e. The number of nitrogens with zero attached hydrogens (tertiary/aromatic N) is 3. The number of pyridine rings is 1. The highest BCUT2D eigenvalue weighted by Crippen LogP contribution is 2.21. The van der Waals surface area contributed by atoms with E-state index < -0.39 is 0 Å². The maximum atomic E-state index is 13.0. The lowest BCUT2D eigenvalue weighted by atomic mass is 10.0. The van der Waals surface area contributed by atoms with E-state index in [2.05, 4.69) is 42.3 Å². The molecule has 1 N–H and O–H groups in total. The number of aromatic nitrogens is 2. The molecule has 3 aromatic rings. The van der Waals surface area contributed by atoms with Gasteiger partial charge >= 0.3 is 0 Å². The van der Waals surface area contributed by atoms with Crippen LogP contribution in [0.1, 0.15) is 32.7 Å². The van der Waals surface area contributed by atoms with Crippen molar-refractivity contribution in [1.29, 1.82) is 0 Å². The number of carbonyl (C=O) groups is 1. The van der Waals surface area contributed by atoms with Crippen molar-refractivity contribution in [2.24, 2.45) is 0 Å². The van der Waals surface area contributed by atoms with E-state index in [1.54, 1.807) is 0 Å². The number of fused-ring (bicyclic) bond motifs is 1. The molecular weight excluding hydrogens is 352 g/mol. The minimum atomic E-state index is 0.0292. The van der Waals surface area contributed by atoms with Gasteiger partial charge in [-0.15, -0.1) is 0 Å². The third-order valence-electron chi connectivity index (χ3n) is 5.33. The molecule has 1 fully saturated rings. The quantitative estimate of drug-likeness (QED) is 0.756. The Morgan fingerprint density at radius 2 is 1.86 bits per heavy atom. The number of ether oxygens (including phenoxy) is 1. The molecular formula is C22H26N4O2. The van der Waals surface area contributed by atoms with Crippen molar-refractivity contribution in [2.45, 2.75) is 27.3 Å². The predicted octanol–water partition coefficient (Wildman–Crippen LogP) is 3.34. The van der Waals surface area contributed by atoms with E-state index >= 15 is 0 Å². The summed E-state index contributed by atoms with van der Waals surface area (Å²) in [6.07, 6.45) is 1.99. The van der Waals surface area contributed by atoms with E-state index in [1.807, 2.05) is 34.6 Å². The fourth-order valence-electron chi connectivity index (χ4n) is 3.72. The van der Waals surface area contributed by atoms with Crippen molar-refractivity contribution in [3.63, 3.8) is 0 Å². The van der Waals surface area contributed by atoms with Crippen molar-refractivity contribution in [2.75, 3.05) is 31.6 Å². The first-order valence-electron chi connectivity index (χ1n) is 9.68. The molecule has 1 aliphatic rings. The second-order valence-corrected chi connectivity index (χ2v) is 7.37. The SMILES string of the molecule is Cc1cn2c(NCc3c(C)cccc3C)cc(C(=O)N3CCOCC3)cc2n1. The fraction of sp³-hybridized carbons (Fsp3) is 0.364. The van der Waals surface area contributed by atoms with Crippen LogP contribution >= 0.6 is 0 Å². The summed E-state index contributed by atoms with van der Waals surface area (Å²) in [6, 6.07) is 10.1. The van der Waals surface area contributed by atoms with Crippen LogP contribution in [0.5, 0.6) is 0 Å². The van der Waals surface area contributed by atoms with Gasteiger partial charge in [-0.2, -0.15) is 0 Å². The average Bonchev–Trinajstić information content (AvgIpc) is 3.08. The van der Waals surface area contributed by atoms with E-state index in [1.165, 1.54) is 16.7 Å². The highest BCUT2D eigenvalue weighted by molar-refractivity contribution is 5.96. The topological polar surface area (TPSA) is 58.9 Å². The molecule has 1 saturated heterocycles. The Hall–Kier alpha value is -2.86. The zero-order valence-corrected chi connectivity index (χ0v) is 16.7. The van der Waals surface area contributed by atoms with Crippen LogP contribution in [-0.2, 0) is 11.3 Å². The van der Waals surface area contributed by atoms with Crippen LogP contribution in [0.25, 0.3) is 5.65 Å². The number of anilines is 1. The summed E-state index contributed by atoms with van der Waals surface area (Å²) < 4.78 is 7.38. The minimum Gasteiger partial charge on any atom is -0.378 e. The summed E-state index contributed by atoms with van der Waals surface area (Å²) in [5, 5.41) is 3.52. The third-order valence-corrected chi connectivity index (χ3v) is 5.33. The van der Waals surface area contributed by atoms with Gasteiger partial charge in [0, 0.05) is 31.4 Å². The normalized spacial score (nSPS) is 14.5. The third kappa shape index (κ3) is 3.60. The molecule has 0 bridgehead atoms. The van der Waals surface area contributed by atoms with Gasteiger partial charge in [0.25, 0.3) is 5.91 Å². The van der Waals surface area contributed by atoms with Crippen LogP contribution in [0.3, 0.4) is 0 Å². The second-order valence-electron chi connectivity index (χ2n) is 7.37. The Kier molecular flexibility index (Phi) is 5.05. The fourth-order valence-corrected chi connectivity index (χ4v) is 3.72. The summed E-state index contributed by atoms with van der Waals surface area (Å²) in [7, 11) is 0. The highest BCUT2D eigenvalue weighted by Gasteiger charge is 2.20. The molecule has 0 aliphatic carbocycles. The molecule has 4 rings (SSSR count). The van der Waals surface area contributed by atoms with E-state index in [0.29, 0.717) is 38.4 Å². The zero-order valence-electron chi connectivity index (χ0n) is 16.7. The summed E-state index contributed by atoms with van der Waals surface area (Å²) >= 11 is 0. The second kappa shape index (κ2) is 7.64. The van der Waals surface area contributed by atoms with Gasteiger partial charge < -0.3 is 15.0 Å². The molecule has 6 nitrogen and oxygen atoms in total. The summed E-state index contributed by atoms with van der Waals surface area (Å²) in [4.78, 5) is 19.4. The largest absolute Gasteiger partial charge is 0.378 e. The standard InChI is InChI=1S/C22H26N4O2/c1-15-5-4-6-16(2)19(15)13-23-20-11-18(12-21-24-17(3)14-26(20)21)22(27)25-7-9-28-10-8-25/h4-6,11-12,14,23H,7-10,13H2,1-3H3. The molecule has 1 amide bonds. The highest BCUT2D eigenvalue weighted by atomic mass is 16.5. The van der Waals surface area contributed by atoms with Crippen molar-refractivity contribution in [1.82, 2.24) is 14.3 Å². The van der Waals surface area contributed by atoms with Gasteiger partial charge in [0.2, 0.25) is 0 Å². The predicted molar refractivity (Wildman–Crippen MR) is 110 cm³/mol. The lowest BCUT2D eigenvalue weighted by molar-refractivity contribution is 0.0303. The van der Waals surface area contributed by atoms with E-state index in [0.717, 1.165) is 17.2 Å². The first-order valence-corrected chi connectivity index (χ1v) is 9.68. The molecule has 0 saturated carbocycles. The van der Waals surface area contributed by atoms with Crippen LogP contribution < -0.4 is 5.32 Å². The van der Waals surface area contributed by atoms with Gasteiger partial charge in [-0.3, -0.25) is 9.20 Å². The maximum absolute atomic E-state index is 13.0. The number of imidazole rings is 1. The number of hydrogen-bond donors (Lipinski definition) is 1. The van der Waals surface area contributed by atoms with Crippen LogP contribution in [0.15, 0.2) is 36.5 Å². The number of carbonyl (C=O) groups excluding carboxylic acids is 1. The number of rotatable bonds is 4. The lowest BCUT2D eigenvalue weighted by Gasteiger charge is -2.27. The molecule has 6 heteroatoms. The number of aryl methyl sites for hydroxylation is 3. The van der Waals surface area contributed by atoms with Gasteiger partial charge in [-0.05, 0) is 49.6 Å². The molecule has 0 spiro atoms. The molecule has 3 heterocycles. The summed E-state index contributed by atoms with van der Waals surface area (Å²) in [5.41, 5.74) is 6.14. The summed E-state index contributed by atoms with van der Waals surface area (Å²) in [6.45, 7) is 9.35. The van der Waals surface area contributed by atoms with Crippen molar-refractivity contribution >= 4 is 17.4 Å². The lowest BCUT2D eigenvalue weighted by Crippen LogP contribution is -2.40. The van der Waals surface area contributed by atoms with Gasteiger partial charge in [0.1, 0.15) is 11.5 Å². The van der Waals surface area contributed by atoms with Gasteiger partial charge in [0.15, 0.2) is 0 Å². The van der Waals surface area contributed by atoms with E-state index in [-0.39, 0.29) is 5.91 Å². The Balaban J connectivity index is 1.67. The minimum absolute atomic E-state index is 0.0292. The number of hydrogen-bond acceptors (Lipinski definition) is 4. The molecule has 1 aliphatic heterocycles.